The van der Waals surface area contributed by atoms with Crippen molar-refractivity contribution < 1.29 is 8.78 Å². The zero-order chi connectivity index (χ0) is 21.3. The molecule has 1 atom stereocenters. The molecule has 0 amide bonds. The molecule has 2 aromatic carbocycles. The van der Waals surface area contributed by atoms with Crippen LogP contribution >= 0.6 is 35.3 Å². The Hall–Kier alpha value is -2.07. The third-order valence-corrected chi connectivity index (χ3v) is 7.50. The zero-order valence-corrected chi connectivity index (χ0v) is 18.6. The summed E-state index contributed by atoms with van der Waals surface area (Å²) >= 11 is 8.22. The molecule has 0 spiro atoms. The van der Waals surface area contributed by atoms with Crippen LogP contribution in [0.3, 0.4) is 0 Å². The lowest BCUT2D eigenvalue weighted by atomic mass is 10.00. The fourth-order valence-corrected chi connectivity index (χ4v) is 6.08. The lowest BCUT2D eigenvalue weighted by Gasteiger charge is -2.36. The molecule has 1 aliphatic rings. The number of aromatic amines is 1. The van der Waals surface area contributed by atoms with Gasteiger partial charge in [-0.15, -0.1) is 11.3 Å². The standard InChI is InChI=1S/C21H20F2N4S3/c1-13-18(25-20(28)29-13)27-21(10-5-11-24,14-6-3-2-4-7-14)30-19(26-27)16-12-15(22)8-9-17(16)23/h2-4,6-9,12H,5,10-11,24H2,1H3,(H,25,28). The number of anilines is 1. The predicted octanol–water partition coefficient (Wildman–Crippen LogP) is 5.90. The molecule has 0 bridgehead atoms. The summed E-state index contributed by atoms with van der Waals surface area (Å²) in [5.74, 6) is -0.267. The second kappa shape index (κ2) is 8.58. The van der Waals surface area contributed by atoms with Crippen LogP contribution in [0.1, 0.15) is 28.8 Å². The quantitative estimate of drug-likeness (QED) is 0.448. The molecule has 0 saturated heterocycles. The number of hydrogen-bond donors (Lipinski definition) is 2. The maximum absolute atomic E-state index is 14.6. The van der Waals surface area contributed by atoms with E-state index in [1.54, 1.807) is 0 Å². The van der Waals surface area contributed by atoms with E-state index >= 15 is 0 Å². The summed E-state index contributed by atoms with van der Waals surface area (Å²) < 4.78 is 29.2. The Morgan fingerprint density at radius 3 is 2.63 bits per heavy atom. The number of thioether (sulfide) groups is 1. The summed E-state index contributed by atoms with van der Waals surface area (Å²) in [5, 5.41) is 7.06. The molecule has 9 heteroatoms. The molecular formula is C21H20F2N4S3. The van der Waals surface area contributed by atoms with Gasteiger partial charge in [0.05, 0.1) is 0 Å². The zero-order valence-electron chi connectivity index (χ0n) is 16.2. The number of H-pyrrole nitrogens is 1. The van der Waals surface area contributed by atoms with Gasteiger partial charge in [0.15, 0.2) is 3.95 Å². The van der Waals surface area contributed by atoms with E-state index in [9.17, 15) is 8.78 Å². The van der Waals surface area contributed by atoms with Crippen LogP contribution in [0.4, 0.5) is 14.6 Å². The monoisotopic (exact) mass is 462 g/mol. The van der Waals surface area contributed by atoms with Crippen molar-refractivity contribution in [3.8, 4) is 0 Å². The third-order valence-electron chi connectivity index (χ3n) is 4.91. The molecule has 0 radical (unpaired) electrons. The van der Waals surface area contributed by atoms with Gasteiger partial charge in [0.25, 0.3) is 0 Å². The Morgan fingerprint density at radius 1 is 1.20 bits per heavy atom. The second-order valence-corrected chi connectivity index (χ2v) is 10.1. The van der Waals surface area contributed by atoms with Gasteiger partial charge in [-0.25, -0.2) is 13.8 Å². The Kier molecular flexibility index (Phi) is 6.06. The third kappa shape index (κ3) is 3.82. The lowest BCUT2D eigenvalue weighted by Crippen LogP contribution is -2.38. The van der Waals surface area contributed by atoms with Crippen molar-refractivity contribution in [2.75, 3.05) is 11.6 Å². The van der Waals surface area contributed by atoms with Crippen molar-refractivity contribution in [2.45, 2.75) is 24.6 Å². The number of aromatic nitrogens is 1. The molecule has 1 aromatic heterocycles. The van der Waals surface area contributed by atoms with Crippen LogP contribution < -0.4 is 10.7 Å². The Balaban J connectivity index is 1.92. The van der Waals surface area contributed by atoms with E-state index in [4.69, 9.17) is 23.1 Å². The first-order valence-electron chi connectivity index (χ1n) is 9.43. The fourth-order valence-electron chi connectivity index (χ4n) is 3.52. The van der Waals surface area contributed by atoms with Crippen molar-refractivity contribution in [2.24, 2.45) is 10.8 Å². The van der Waals surface area contributed by atoms with Crippen molar-refractivity contribution in [3.63, 3.8) is 0 Å². The molecular weight excluding hydrogens is 442 g/mol. The van der Waals surface area contributed by atoms with Crippen LogP contribution in [0.5, 0.6) is 0 Å². The van der Waals surface area contributed by atoms with Crippen molar-refractivity contribution in [3.05, 3.63) is 80.1 Å². The Morgan fingerprint density at radius 2 is 1.97 bits per heavy atom. The number of aryl methyl sites for hydroxylation is 1. The molecule has 0 fully saturated rings. The van der Waals surface area contributed by atoms with E-state index in [2.05, 4.69) is 4.98 Å². The normalized spacial score (nSPS) is 18.7. The van der Waals surface area contributed by atoms with Crippen molar-refractivity contribution in [1.29, 1.82) is 0 Å². The molecule has 0 saturated carbocycles. The number of thiazole rings is 1. The molecule has 2 heterocycles. The number of halogens is 2. The van der Waals surface area contributed by atoms with Gasteiger partial charge in [0.2, 0.25) is 0 Å². The second-order valence-electron chi connectivity index (χ2n) is 6.91. The number of nitrogens with zero attached hydrogens (tertiary/aromatic N) is 2. The minimum Gasteiger partial charge on any atom is -0.330 e. The highest BCUT2D eigenvalue weighted by molar-refractivity contribution is 8.15. The first-order chi connectivity index (χ1) is 14.4. The van der Waals surface area contributed by atoms with Gasteiger partial charge in [-0.1, -0.05) is 42.1 Å². The van der Waals surface area contributed by atoms with Gasteiger partial charge >= 0.3 is 0 Å². The highest BCUT2D eigenvalue weighted by Gasteiger charge is 2.47. The van der Waals surface area contributed by atoms with Crippen LogP contribution in [0.25, 0.3) is 0 Å². The van der Waals surface area contributed by atoms with E-state index in [-0.39, 0.29) is 5.56 Å². The molecule has 3 N–H and O–H groups in total. The Labute approximate surface area is 186 Å². The molecule has 156 valence electrons. The average Bonchev–Trinajstić information content (AvgIpc) is 3.28. The van der Waals surface area contributed by atoms with Crippen LogP contribution in [0.15, 0.2) is 53.6 Å². The van der Waals surface area contributed by atoms with Gasteiger partial charge in [-0.3, -0.25) is 0 Å². The summed E-state index contributed by atoms with van der Waals surface area (Å²) in [5.41, 5.74) is 7.00. The predicted molar refractivity (Wildman–Crippen MR) is 124 cm³/mol. The van der Waals surface area contributed by atoms with Gasteiger partial charge in [-0.05, 0) is 62.3 Å². The maximum atomic E-state index is 14.6. The number of rotatable bonds is 6. The minimum atomic E-state index is -0.668. The molecule has 1 unspecified atom stereocenters. The maximum Gasteiger partial charge on any atom is 0.160 e. The van der Waals surface area contributed by atoms with E-state index in [0.29, 0.717) is 22.0 Å². The summed E-state index contributed by atoms with van der Waals surface area (Å²) in [4.78, 5) is 3.53. The largest absolute Gasteiger partial charge is 0.330 e. The first-order valence-corrected chi connectivity index (χ1v) is 11.5. The van der Waals surface area contributed by atoms with Gasteiger partial charge < -0.3 is 10.7 Å². The lowest BCUT2D eigenvalue weighted by molar-refractivity contribution is 0.523. The van der Waals surface area contributed by atoms with Crippen LogP contribution in [0.2, 0.25) is 0 Å². The van der Waals surface area contributed by atoms with Crippen LogP contribution in [-0.2, 0) is 4.87 Å². The van der Waals surface area contributed by atoms with Crippen molar-refractivity contribution in [1.82, 2.24) is 4.98 Å². The summed E-state index contributed by atoms with van der Waals surface area (Å²) in [6.45, 7) is 2.47. The number of hydrogen-bond acceptors (Lipinski definition) is 6. The van der Waals surface area contributed by atoms with Gasteiger partial charge in [0, 0.05) is 10.4 Å². The SMILES string of the molecule is Cc1sc(=S)[nH]c1N1N=C(c2cc(F)ccc2F)SC1(CCCN)c1ccccc1. The summed E-state index contributed by atoms with van der Waals surface area (Å²) in [6.07, 6.45) is 1.40. The molecule has 3 aromatic rings. The van der Waals surface area contributed by atoms with Crippen LogP contribution in [0, 0.1) is 22.5 Å². The molecule has 1 aliphatic heterocycles. The number of nitrogens with one attached hydrogen (secondary N) is 1. The van der Waals surface area contributed by atoms with E-state index in [1.165, 1.54) is 29.2 Å². The highest BCUT2D eigenvalue weighted by atomic mass is 32.2. The molecule has 30 heavy (non-hydrogen) atoms. The van der Waals surface area contributed by atoms with E-state index < -0.39 is 16.5 Å². The van der Waals surface area contributed by atoms with Crippen molar-refractivity contribution >= 4 is 46.2 Å². The van der Waals surface area contributed by atoms with E-state index in [0.717, 1.165) is 34.8 Å². The summed E-state index contributed by atoms with van der Waals surface area (Å²) in [6, 6.07) is 13.3. The van der Waals surface area contributed by atoms with Gasteiger partial charge in [0.1, 0.15) is 27.4 Å². The van der Waals surface area contributed by atoms with Gasteiger partial charge in [-0.2, -0.15) is 5.10 Å². The highest BCUT2D eigenvalue weighted by Crippen LogP contribution is 2.52. The topological polar surface area (TPSA) is 57.4 Å². The number of benzene rings is 2. The average molecular weight is 463 g/mol. The molecule has 4 rings (SSSR count). The Bertz CT molecular complexity index is 1140. The summed E-state index contributed by atoms with van der Waals surface area (Å²) in [7, 11) is 0. The minimum absolute atomic E-state index is 0.141. The van der Waals surface area contributed by atoms with Crippen LogP contribution in [-0.4, -0.2) is 16.6 Å². The smallest absolute Gasteiger partial charge is 0.160 e. The first kappa shape index (κ1) is 21.2. The molecule has 0 aliphatic carbocycles. The van der Waals surface area contributed by atoms with E-state index in [1.807, 2.05) is 42.3 Å². The number of hydrazone groups is 1. The fraction of sp³-hybridized carbons (Fsp3) is 0.238. The number of nitrogens with two attached hydrogens (primary N) is 1. The molecule has 4 nitrogen and oxygen atoms in total.